The van der Waals surface area contributed by atoms with Crippen LogP contribution in [0.15, 0.2) is 47.4 Å². The Morgan fingerprint density at radius 2 is 1.83 bits per heavy atom. The average molecular weight is 421 g/mol. The quantitative estimate of drug-likeness (QED) is 0.778. The van der Waals surface area contributed by atoms with Crippen LogP contribution >= 0.6 is 0 Å². The molecule has 0 aliphatic carbocycles. The SMILES string of the molecule is COc1ccc(S(=O)(=O)NCc2cccc(F)c2)cc1C(=O)N1CCCCCC1. The number of likely N-dealkylation sites (tertiary alicyclic amines) is 1. The minimum Gasteiger partial charge on any atom is -0.496 e. The molecule has 0 spiro atoms. The molecule has 1 fully saturated rings. The summed E-state index contributed by atoms with van der Waals surface area (Å²) >= 11 is 0. The van der Waals surface area contributed by atoms with E-state index in [0.717, 1.165) is 25.7 Å². The van der Waals surface area contributed by atoms with E-state index in [0.29, 0.717) is 24.4 Å². The van der Waals surface area contributed by atoms with Gasteiger partial charge in [0.25, 0.3) is 5.91 Å². The van der Waals surface area contributed by atoms with Gasteiger partial charge in [0.2, 0.25) is 10.0 Å². The number of rotatable bonds is 6. The van der Waals surface area contributed by atoms with E-state index < -0.39 is 15.8 Å². The summed E-state index contributed by atoms with van der Waals surface area (Å²) < 4.78 is 46.5. The van der Waals surface area contributed by atoms with Gasteiger partial charge < -0.3 is 9.64 Å². The zero-order valence-corrected chi connectivity index (χ0v) is 17.2. The molecule has 2 aromatic carbocycles. The molecule has 1 aliphatic heterocycles. The predicted octanol–water partition coefficient (Wildman–Crippen LogP) is 3.33. The second-order valence-corrected chi connectivity index (χ2v) is 8.79. The molecule has 8 heteroatoms. The van der Waals surface area contributed by atoms with Crippen molar-refractivity contribution in [3.05, 3.63) is 59.4 Å². The van der Waals surface area contributed by atoms with Gasteiger partial charge in [0.15, 0.2) is 0 Å². The van der Waals surface area contributed by atoms with E-state index in [9.17, 15) is 17.6 Å². The molecule has 0 bridgehead atoms. The lowest BCUT2D eigenvalue weighted by Crippen LogP contribution is -2.32. The van der Waals surface area contributed by atoms with Gasteiger partial charge in [-0.05, 0) is 48.7 Å². The van der Waals surface area contributed by atoms with Crippen molar-refractivity contribution in [1.82, 2.24) is 9.62 Å². The summed E-state index contributed by atoms with van der Waals surface area (Å²) in [6.45, 7) is 1.25. The van der Waals surface area contributed by atoms with Gasteiger partial charge >= 0.3 is 0 Å². The second-order valence-electron chi connectivity index (χ2n) is 7.02. The summed E-state index contributed by atoms with van der Waals surface area (Å²) in [6, 6.07) is 9.94. The number of ether oxygens (including phenoxy) is 1. The van der Waals surface area contributed by atoms with Crippen LogP contribution in [0.3, 0.4) is 0 Å². The number of benzene rings is 2. The second kappa shape index (κ2) is 9.37. The van der Waals surface area contributed by atoms with E-state index in [2.05, 4.69) is 4.72 Å². The van der Waals surface area contributed by atoms with E-state index in [1.807, 2.05) is 0 Å². The molecule has 0 unspecified atom stereocenters. The lowest BCUT2D eigenvalue weighted by molar-refractivity contribution is 0.0758. The van der Waals surface area contributed by atoms with Crippen molar-refractivity contribution in [2.24, 2.45) is 0 Å². The first-order chi connectivity index (χ1) is 13.9. The van der Waals surface area contributed by atoms with Gasteiger partial charge in [0, 0.05) is 19.6 Å². The molecule has 0 saturated carbocycles. The lowest BCUT2D eigenvalue weighted by Gasteiger charge is -2.22. The maximum atomic E-state index is 13.3. The Morgan fingerprint density at radius 1 is 1.10 bits per heavy atom. The Hall–Kier alpha value is -2.45. The van der Waals surface area contributed by atoms with Crippen LogP contribution < -0.4 is 9.46 Å². The molecule has 2 aromatic rings. The van der Waals surface area contributed by atoms with E-state index in [1.54, 1.807) is 11.0 Å². The zero-order chi connectivity index (χ0) is 20.9. The summed E-state index contributed by atoms with van der Waals surface area (Å²) in [4.78, 5) is 14.7. The fourth-order valence-electron chi connectivity index (χ4n) is 3.37. The van der Waals surface area contributed by atoms with Crippen molar-refractivity contribution >= 4 is 15.9 Å². The number of sulfonamides is 1. The molecule has 1 saturated heterocycles. The van der Waals surface area contributed by atoms with Gasteiger partial charge in [-0.1, -0.05) is 25.0 Å². The van der Waals surface area contributed by atoms with E-state index in [4.69, 9.17) is 4.74 Å². The highest BCUT2D eigenvalue weighted by atomic mass is 32.2. The minimum atomic E-state index is -3.89. The van der Waals surface area contributed by atoms with Crippen LogP contribution in [0.1, 0.15) is 41.6 Å². The molecule has 0 radical (unpaired) electrons. The van der Waals surface area contributed by atoms with Gasteiger partial charge in [0.1, 0.15) is 11.6 Å². The monoisotopic (exact) mass is 420 g/mol. The fraction of sp³-hybridized carbons (Fsp3) is 0.381. The average Bonchev–Trinajstić information content (AvgIpc) is 3.01. The highest BCUT2D eigenvalue weighted by Crippen LogP contribution is 2.25. The molecule has 1 N–H and O–H groups in total. The molecule has 0 aromatic heterocycles. The van der Waals surface area contributed by atoms with Crippen molar-refractivity contribution in [2.75, 3.05) is 20.2 Å². The molecule has 1 aliphatic rings. The maximum Gasteiger partial charge on any atom is 0.257 e. The standard InChI is InChI=1S/C21H25FN2O4S/c1-28-20-10-9-18(14-19(20)21(25)24-11-4-2-3-5-12-24)29(26,27)23-15-16-7-6-8-17(22)13-16/h6-10,13-14,23H,2-5,11-12,15H2,1H3. The normalized spacial score (nSPS) is 15.0. The van der Waals surface area contributed by atoms with Gasteiger partial charge in [-0.15, -0.1) is 0 Å². The molecule has 0 atom stereocenters. The number of halogens is 1. The number of hydrogen-bond acceptors (Lipinski definition) is 4. The highest BCUT2D eigenvalue weighted by Gasteiger charge is 2.24. The third-order valence-corrected chi connectivity index (χ3v) is 6.36. The summed E-state index contributed by atoms with van der Waals surface area (Å²) in [5, 5.41) is 0. The minimum absolute atomic E-state index is 0.0344. The molecule has 156 valence electrons. The van der Waals surface area contributed by atoms with Crippen molar-refractivity contribution in [3.8, 4) is 5.75 Å². The number of carbonyl (C=O) groups is 1. The van der Waals surface area contributed by atoms with Gasteiger partial charge in [-0.2, -0.15) is 0 Å². The van der Waals surface area contributed by atoms with Crippen LogP contribution in [0.25, 0.3) is 0 Å². The third-order valence-electron chi connectivity index (χ3n) is 4.96. The number of carbonyl (C=O) groups excluding carboxylic acids is 1. The van der Waals surface area contributed by atoms with Crippen molar-refractivity contribution < 1.29 is 22.3 Å². The Morgan fingerprint density at radius 3 is 2.48 bits per heavy atom. The molecular formula is C21H25FN2O4S. The lowest BCUT2D eigenvalue weighted by atomic mass is 10.1. The number of hydrogen-bond donors (Lipinski definition) is 1. The Kier molecular flexibility index (Phi) is 6.87. The van der Waals surface area contributed by atoms with Gasteiger partial charge in [-0.3, -0.25) is 4.79 Å². The maximum absolute atomic E-state index is 13.3. The summed E-state index contributed by atoms with van der Waals surface area (Å²) in [5.74, 6) is -0.328. The molecular weight excluding hydrogens is 395 g/mol. The summed E-state index contributed by atoms with van der Waals surface area (Å²) in [7, 11) is -2.44. The van der Waals surface area contributed by atoms with Gasteiger partial charge in [0.05, 0.1) is 17.6 Å². The molecule has 29 heavy (non-hydrogen) atoms. The fourth-order valence-corrected chi connectivity index (χ4v) is 4.42. The van der Waals surface area contributed by atoms with Crippen LogP contribution in [0, 0.1) is 5.82 Å². The molecule has 6 nitrogen and oxygen atoms in total. The van der Waals surface area contributed by atoms with Gasteiger partial charge in [-0.25, -0.2) is 17.5 Å². The highest BCUT2D eigenvalue weighted by molar-refractivity contribution is 7.89. The van der Waals surface area contributed by atoms with Crippen LogP contribution in [0.5, 0.6) is 5.75 Å². The topological polar surface area (TPSA) is 75.7 Å². The largest absolute Gasteiger partial charge is 0.496 e. The number of amides is 1. The number of nitrogens with zero attached hydrogens (tertiary/aromatic N) is 1. The van der Waals surface area contributed by atoms with E-state index >= 15 is 0 Å². The van der Waals surface area contributed by atoms with Crippen LogP contribution in [0.4, 0.5) is 4.39 Å². The first kappa shape index (κ1) is 21.3. The van der Waals surface area contributed by atoms with Crippen LogP contribution in [-0.4, -0.2) is 39.4 Å². The zero-order valence-electron chi connectivity index (χ0n) is 16.4. The van der Waals surface area contributed by atoms with Crippen molar-refractivity contribution in [3.63, 3.8) is 0 Å². The van der Waals surface area contributed by atoms with Crippen LogP contribution in [-0.2, 0) is 16.6 Å². The Bertz CT molecular complexity index is 970. The smallest absolute Gasteiger partial charge is 0.257 e. The summed E-state index contributed by atoms with van der Waals surface area (Å²) in [6.07, 6.45) is 4.03. The first-order valence-corrected chi connectivity index (χ1v) is 11.1. The Labute approximate surface area is 170 Å². The third kappa shape index (κ3) is 5.33. The van der Waals surface area contributed by atoms with E-state index in [1.165, 1.54) is 43.5 Å². The summed E-state index contributed by atoms with van der Waals surface area (Å²) in [5.41, 5.74) is 0.728. The number of nitrogens with one attached hydrogen (secondary N) is 1. The molecule has 1 heterocycles. The predicted molar refractivity (Wildman–Crippen MR) is 108 cm³/mol. The number of methoxy groups -OCH3 is 1. The molecule has 1 amide bonds. The van der Waals surface area contributed by atoms with Crippen LogP contribution in [0.2, 0.25) is 0 Å². The first-order valence-electron chi connectivity index (χ1n) is 9.62. The van der Waals surface area contributed by atoms with Crippen molar-refractivity contribution in [2.45, 2.75) is 37.1 Å². The Balaban J connectivity index is 1.83. The van der Waals surface area contributed by atoms with E-state index in [-0.39, 0.29) is 22.9 Å². The van der Waals surface area contributed by atoms with Crippen molar-refractivity contribution in [1.29, 1.82) is 0 Å². The molecule has 3 rings (SSSR count).